The van der Waals surface area contributed by atoms with E-state index in [4.69, 9.17) is 39.6 Å². The quantitative estimate of drug-likeness (QED) is 0.478. The van der Waals surface area contributed by atoms with Crippen LogP contribution in [0.5, 0.6) is 5.75 Å². The summed E-state index contributed by atoms with van der Waals surface area (Å²) in [7, 11) is 0. The van der Waals surface area contributed by atoms with Crippen LogP contribution >= 0.6 is 23.8 Å². The summed E-state index contributed by atoms with van der Waals surface area (Å²) in [5.41, 5.74) is 9.92. The minimum Gasteiger partial charge on any atom is -0.489 e. The molecule has 0 bridgehead atoms. The molecule has 2 rings (SSSR count). The van der Waals surface area contributed by atoms with E-state index in [-0.39, 0.29) is 4.99 Å². The Balaban J connectivity index is 2.30. The van der Waals surface area contributed by atoms with Crippen molar-refractivity contribution in [2.75, 3.05) is 0 Å². The Kier molecular flexibility index (Phi) is 5.97. The third-order valence-electron chi connectivity index (χ3n) is 3.59. The average Bonchev–Trinajstić information content (AvgIpc) is 2.55. The van der Waals surface area contributed by atoms with Crippen LogP contribution in [0.4, 0.5) is 0 Å². The van der Waals surface area contributed by atoms with E-state index in [0.29, 0.717) is 17.2 Å². The average molecular weight is 357 g/mol. The summed E-state index contributed by atoms with van der Waals surface area (Å²) in [6.45, 7) is 4.40. The Morgan fingerprint density at radius 1 is 1.29 bits per heavy atom. The van der Waals surface area contributed by atoms with Crippen molar-refractivity contribution in [3.63, 3.8) is 0 Å². The van der Waals surface area contributed by atoms with E-state index >= 15 is 0 Å². The second kappa shape index (κ2) is 7.96. The van der Waals surface area contributed by atoms with Crippen molar-refractivity contribution in [3.05, 3.63) is 69.2 Å². The van der Waals surface area contributed by atoms with E-state index in [2.05, 4.69) is 6.07 Å². The Bertz CT molecular complexity index is 836. The zero-order valence-electron chi connectivity index (χ0n) is 13.5. The number of nitrogens with two attached hydrogens (primary N) is 1. The molecule has 3 nitrogen and oxygen atoms in total. The molecule has 0 heterocycles. The highest BCUT2D eigenvalue weighted by molar-refractivity contribution is 7.80. The lowest BCUT2D eigenvalue weighted by atomic mass is 9.98. The van der Waals surface area contributed by atoms with Gasteiger partial charge >= 0.3 is 0 Å². The standard InChI is InChI=1S/C19H17ClN2OS/c1-12-7-14(9-15(10-21)19(22)24)13(2)16(8-12)11-23-18-5-3-17(20)4-6-18/h3-9H,11H2,1-2H3,(H2,22,24)/b15-9+. The fourth-order valence-electron chi connectivity index (χ4n) is 2.27. The molecular weight excluding hydrogens is 340 g/mol. The number of nitriles is 1. The van der Waals surface area contributed by atoms with Gasteiger partial charge in [-0.25, -0.2) is 0 Å². The van der Waals surface area contributed by atoms with E-state index in [1.54, 1.807) is 18.2 Å². The lowest BCUT2D eigenvalue weighted by Gasteiger charge is -2.13. The van der Waals surface area contributed by atoms with Gasteiger partial charge in [0.1, 0.15) is 23.4 Å². The van der Waals surface area contributed by atoms with Gasteiger partial charge in [0.15, 0.2) is 0 Å². The van der Waals surface area contributed by atoms with Gasteiger partial charge in [-0.1, -0.05) is 41.5 Å². The summed E-state index contributed by atoms with van der Waals surface area (Å²) < 4.78 is 5.82. The lowest BCUT2D eigenvalue weighted by Crippen LogP contribution is -2.10. The highest BCUT2D eigenvalue weighted by Crippen LogP contribution is 2.22. The maximum Gasteiger partial charge on any atom is 0.119 e. The number of aryl methyl sites for hydroxylation is 1. The molecule has 0 radical (unpaired) electrons. The third-order valence-corrected chi connectivity index (χ3v) is 4.07. The van der Waals surface area contributed by atoms with Crippen LogP contribution in [0.25, 0.3) is 6.08 Å². The van der Waals surface area contributed by atoms with Crippen molar-refractivity contribution in [1.29, 1.82) is 5.26 Å². The Labute approximate surface area is 152 Å². The fraction of sp³-hybridized carbons (Fsp3) is 0.158. The van der Waals surface area contributed by atoms with Gasteiger partial charge in [-0.3, -0.25) is 0 Å². The molecule has 0 unspecified atom stereocenters. The molecule has 2 N–H and O–H groups in total. The maximum absolute atomic E-state index is 9.14. The Morgan fingerprint density at radius 2 is 1.96 bits per heavy atom. The molecule has 0 spiro atoms. The normalized spacial score (nSPS) is 11.0. The minimum atomic E-state index is 0.0948. The maximum atomic E-state index is 9.14. The van der Waals surface area contributed by atoms with Crippen LogP contribution in [-0.2, 0) is 6.61 Å². The van der Waals surface area contributed by atoms with Crippen LogP contribution < -0.4 is 10.5 Å². The van der Waals surface area contributed by atoms with Crippen LogP contribution in [0.2, 0.25) is 5.02 Å². The molecule has 0 aromatic heterocycles. The lowest BCUT2D eigenvalue weighted by molar-refractivity contribution is 0.305. The molecule has 0 saturated carbocycles. The molecule has 0 aliphatic carbocycles. The van der Waals surface area contributed by atoms with E-state index in [0.717, 1.165) is 28.0 Å². The van der Waals surface area contributed by atoms with Gasteiger partial charge in [0.05, 0.1) is 5.57 Å². The summed E-state index contributed by atoms with van der Waals surface area (Å²) in [6, 6.07) is 13.3. The first kappa shape index (κ1) is 18.0. The van der Waals surface area contributed by atoms with Crippen molar-refractivity contribution in [2.45, 2.75) is 20.5 Å². The van der Waals surface area contributed by atoms with Crippen LogP contribution in [-0.4, -0.2) is 4.99 Å². The largest absolute Gasteiger partial charge is 0.489 e. The minimum absolute atomic E-state index is 0.0948. The summed E-state index contributed by atoms with van der Waals surface area (Å²) in [4.78, 5) is 0.0948. The SMILES string of the molecule is Cc1cc(/C=C(\C#N)C(N)=S)c(C)c(COc2ccc(Cl)cc2)c1. The van der Waals surface area contributed by atoms with Crippen molar-refractivity contribution < 1.29 is 4.74 Å². The summed E-state index contributed by atoms with van der Waals surface area (Å²) in [5, 5.41) is 9.81. The smallest absolute Gasteiger partial charge is 0.119 e. The molecule has 0 saturated heterocycles. The number of ether oxygens (including phenoxy) is 1. The third kappa shape index (κ3) is 4.58. The highest BCUT2D eigenvalue weighted by Gasteiger charge is 2.08. The van der Waals surface area contributed by atoms with Gasteiger partial charge < -0.3 is 10.5 Å². The molecule has 0 fully saturated rings. The summed E-state index contributed by atoms with van der Waals surface area (Å²) in [5.74, 6) is 0.748. The predicted octanol–water partition coefficient (Wildman–Crippen LogP) is 4.73. The van der Waals surface area contributed by atoms with Crippen molar-refractivity contribution >= 4 is 34.9 Å². The second-order valence-corrected chi connectivity index (χ2v) is 6.29. The van der Waals surface area contributed by atoms with Gasteiger partial charge in [0.25, 0.3) is 0 Å². The number of hydrogen-bond acceptors (Lipinski definition) is 3. The van der Waals surface area contributed by atoms with E-state index in [9.17, 15) is 0 Å². The van der Waals surface area contributed by atoms with Crippen LogP contribution in [0.3, 0.4) is 0 Å². The monoisotopic (exact) mass is 356 g/mol. The Morgan fingerprint density at radius 3 is 2.54 bits per heavy atom. The van der Waals surface area contributed by atoms with Crippen molar-refractivity contribution in [2.24, 2.45) is 5.73 Å². The predicted molar refractivity (Wildman–Crippen MR) is 102 cm³/mol. The number of rotatable bonds is 5. The number of halogens is 1. The van der Waals surface area contributed by atoms with E-state index < -0.39 is 0 Å². The first-order valence-corrected chi connectivity index (χ1v) is 8.09. The first-order chi connectivity index (χ1) is 11.4. The molecular formula is C19H17ClN2OS. The molecule has 0 atom stereocenters. The molecule has 2 aromatic carbocycles. The van der Waals surface area contributed by atoms with E-state index in [1.807, 2.05) is 38.1 Å². The van der Waals surface area contributed by atoms with E-state index in [1.165, 1.54) is 0 Å². The van der Waals surface area contributed by atoms with Gasteiger partial charge in [-0.05, 0) is 60.9 Å². The summed E-state index contributed by atoms with van der Waals surface area (Å²) >= 11 is 10.8. The number of benzene rings is 2. The van der Waals surface area contributed by atoms with Gasteiger partial charge in [0, 0.05) is 5.02 Å². The molecule has 0 aliphatic heterocycles. The number of thiocarbonyl (C=S) groups is 1. The zero-order valence-corrected chi connectivity index (χ0v) is 15.0. The molecule has 5 heteroatoms. The van der Waals surface area contributed by atoms with Crippen molar-refractivity contribution in [1.82, 2.24) is 0 Å². The number of nitrogens with zero attached hydrogens (tertiary/aromatic N) is 1. The zero-order chi connectivity index (χ0) is 17.7. The van der Waals surface area contributed by atoms with Crippen LogP contribution in [0.1, 0.15) is 22.3 Å². The van der Waals surface area contributed by atoms with Crippen LogP contribution in [0, 0.1) is 25.2 Å². The molecule has 0 aliphatic rings. The molecule has 0 amide bonds. The molecule has 24 heavy (non-hydrogen) atoms. The van der Waals surface area contributed by atoms with Gasteiger partial charge in [0.2, 0.25) is 0 Å². The first-order valence-electron chi connectivity index (χ1n) is 7.31. The molecule has 2 aromatic rings. The van der Waals surface area contributed by atoms with Gasteiger partial charge in [-0.2, -0.15) is 5.26 Å². The Hall–Kier alpha value is -2.35. The topological polar surface area (TPSA) is 59.0 Å². The van der Waals surface area contributed by atoms with Gasteiger partial charge in [-0.15, -0.1) is 0 Å². The van der Waals surface area contributed by atoms with Crippen LogP contribution in [0.15, 0.2) is 42.0 Å². The fourth-order valence-corrected chi connectivity index (χ4v) is 2.50. The van der Waals surface area contributed by atoms with Crippen molar-refractivity contribution in [3.8, 4) is 11.8 Å². The number of hydrogen-bond donors (Lipinski definition) is 1. The molecule has 122 valence electrons. The second-order valence-electron chi connectivity index (χ2n) is 5.41. The highest BCUT2D eigenvalue weighted by atomic mass is 35.5. The summed E-state index contributed by atoms with van der Waals surface area (Å²) in [6.07, 6.45) is 1.72.